The molecule has 4 heteroatoms. The molecule has 2 rings (SSSR count). The summed E-state index contributed by atoms with van der Waals surface area (Å²) in [5.74, 6) is -0.00176. The molecule has 0 aliphatic heterocycles. The van der Waals surface area contributed by atoms with E-state index < -0.39 is 0 Å². The van der Waals surface area contributed by atoms with Crippen molar-refractivity contribution in [1.82, 2.24) is 5.32 Å². The lowest BCUT2D eigenvalue weighted by atomic mass is 10.1. The van der Waals surface area contributed by atoms with Gasteiger partial charge in [-0.15, -0.1) is 0 Å². The first-order valence-corrected chi connectivity index (χ1v) is 7.47. The van der Waals surface area contributed by atoms with Crippen molar-refractivity contribution < 1.29 is 4.79 Å². The maximum absolute atomic E-state index is 11.9. The summed E-state index contributed by atoms with van der Waals surface area (Å²) in [5.41, 5.74) is 10.9. The van der Waals surface area contributed by atoms with Crippen LogP contribution >= 0.6 is 0 Å². The van der Waals surface area contributed by atoms with Crippen LogP contribution in [0.1, 0.15) is 16.7 Å². The van der Waals surface area contributed by atoms with Crippen LogP contribution in [0, 0.1) is 13.8 Å². The summed E-state index contributed by atoms with van der Waals surface area (Å²) in [6.07, 6.45) is 0.801. The molecule has 0 heterocycles. The van der Waals surface area contributed by atoms with Gasteiger partial charge in [0.1, 0.15) is 0 Å². The molecule has 4 N–H and O–H groups in total. The highest BCUT2D eigenvalue weighted by molar-refractivity contribution is 5.81. The molecule has 116 valence electrons. The van der Waals surface area contributed by atoms with Gasteiger partial charge in [0.2, 0.25) is 5.91 Å². The second-order valence-corrected chi connectivity index (χ2v) is 5.46. The molecule has 0 atom stereocenters. The van der Waals surface area contributed by atoms with Gasteiger partial charge in [-0.1, -0.05) is 30.3 Å². The minimum Gasteiger partial charge on any atom is -0.399 e. The van der Waals surface area contributed by atoms with E-state index in [1.165, 1.54) is 0 Å². The molecule has 0 saturated carbocycles. The maximum Gasteiger partial charge on any atom is 0.239 e. The van der Waals surface area contributed by atoms with Crippen molar-refractivity contribution in [2.75, 3.05) is 24.1 Å². The topological polar surface area (TPSA) is 67.2 Å². The van der Waals surface area contributed by atoms with Crippen LogP contribution in [0.3, 0.4) is 0 Å². The highest BCUT2D eigenvalue weighted by atomic mass is 16.1. The molecule has 1 amide bonds. The molecule has 0 fully saturated rings. The summed E-state index contributed by atoms with van der Waals surface area (Å²) in [6, 6.07) is 13.8. The number of nitrogens with one attached hydrogen (secondary N) is 2. The minimum absolute atomic E-state index is 0.00176. The molecule has 0 spiro atoms. The van der Waals surface area contributed by atoms with Crippen LogP contribution in [-0.2, 0) is 11.2 Å². The number of nitrogen functional groups attached to an aromatic ring is 1. The second-order valence-electron chi connectivity index (χ2n) is 5.46. The number of hydrogen-bond donors (Lipinski definition) is 3. The smallest absolute Gasteiger partial charge is 0.239 e. The van der Waals surface area contributed by atoms with Crippen molar-refractivity contribution in [3.8, 4) is 0 Å². The van der Waals surface area contributed by atoms with E-state index in [0.29, 0.717) is 6.54 Å². The normalized spacial score (nSPS) is 10.3. The Morgan fingerprint density at radius 1 is 1.05 bits per heavy atom. The van der Waals surface area contributed by atoms with E-state index >= 15 is 0 Å². The number of aryl methyl sites for hydroxylation is 2. The van der Waals surface area contributed by atoms with Crippen molar-refractivity contribution >= 4 is 17.3 Å². The quantitative estimate of drug-likeness (QED) is 0.718. The zero-order chi connectivity index (χ0) is 15.9. The Balaban J connectivity index is 1.75. The molecule has 0 unspecified atom stereocenters. The van der Waals surface area contributed by atoms with Gasteiger partial charge < -0.3 is 16.4 Å². The Hall–Kier alpha value is -2.49. The average Bonchev–Trinajstić information content (AvgIpc) is 2.49. The van der Waals surface area contributed by atoms with Crippen molar-refractivity contribution in [1.29, 1.82) is 0 Å². The monoisotopic (exact) mass is 297 g/mol. The molecule has 2 aromatic carbocycles. The van der Waals surface area contributed by atoms with E-state index in [1.807, 2.05) is 56.3 Å². The maximum atomic E-state index is 11.9. The number of para-hydroxylation sites is 1. The molecule has 0 aliphatic rings. The van der Waals surface area contributed by atoms with Gasteiger partial charge in [-0.05, 0) is 49.1 Å². The van der Waals surface area contributed by atoms with E-state index in [0.717, 1.165) is 34.5 Å². The zero-order valence-corrected chi connectivity index (χ0v) is 13.1. The van der Waals surface area contributed by atoms with Gasteiger partial charge in [0.05, 0.1) is 6.54 Å². The third kappa shape index (κ3) is 4.52. The van der Waals surface area contributed by atoms with Gasteiger partial charge in [0, 0.05) is 17.9 Å². The lowest BCUT2D eigenvalue weighted by molar-refractivity contribution is -0.119. The first-order chi connectivity index (χ1) is 10.6. The van der Waals surface area contributed by atoms with Gasteiger partial charge >= 0.3 is 0 Å². The molecular weight excluding hydrogens is 274 g/mol. The van der Waals surface area contributed by atoms with Crippen LogP contribution < -0.4 is 16.4 Å². The highest BCUT2D eigenvalue weighted by Gasteiger charge is 2.05. The van der Waals surface area contributed by atoms with E-state index in [-0.39, 0.29) is 12.5 Å². The number of hydrogen-bond acceptors (Lipinski definition) is 3. The molecule has 22 heavy (non-hydrogen) atoms. The highest BCUT2D eigenvalue weighted by Crippen LogP contribution is 2.18. The number of carbonyl (C=O) groups is 1. The fourth-order valence-electron chi connectivity index (χ4n) is 2.36. The lowest BCUT2D eigenvalue weighted by Gasteiger charge is -2.12. The van der Waals surface area contributed by atoms with Crippen molar-refractivity contribution in [3.05, 3.63) is 59.2 Å². The Bertz CT molecular complexity index is 615. The Morgan fingerprint density at radius 3 is 2.32 bits per heavy atom. The van der Waals surface area contributed by atoms with Crippen LogP contribution in [0.15, 0.2) is 42.5 Å². The van der Waals surface area contributed by atoms with Crippen LogP contribution in [0.25, 0.3) is 0 Å². The third-order valence-corrected chi connectivity index (χ3v) is 3.62. The van der Waals surface area contributed by atoms with Gasteiger partial charge in [-0.3, -0.25) is 4.79 Å². The van der Waals surface area contributed by atoms with Crippen molar-refractivity contribution in [2.45, 2.75) is 20.3 Å². The van der Waals surface area contributed by atoms with Crippen LogP contribution in [-0.4, -0.2) is 19.0 Å². The van der Waals surface area contributed by atoms with Crippen molar-refractivity contribution in [3.63, 3.8) is 0 Å². The number of nitrogens with two attached hydrogens (primary N) is 1. The fourth-order valence-corrected chi connectivity index (χ4v) is 2.36. The van der Waals surface area contributed by atoms with Gasteiger partial charge in [-0.25, -0.2) is 0 Å². The molecule has 0 saturated heterocycles. The molecule has 0 radical (unpaired) electrons. The average molecular weight is 297 g/mol. The van der Waals surface area contributed by atoms with Crippen molar-refractivity contribution in [2.24, 2.45) is 0 Å². The molecule has 4 nitrogen and oxygen atoms in total. The Morgan fingerprint density at radius 2 is 1.68 bits per heavy atom. The second kappa shape index (κ2) is 7.50. The van der Waals surface area contributed by atoms with Crippen LogP contribution in [0.2, 0.25) is 0 Å². The lowest BCUT2D eigenvalue weighted by Crippen LogP contribution is -2.31. The number of rotatable bonds is 6. The van der Waals surface area contributed by atoms with E-state index in [9.17, 15) is 4.79 Å². The third-order valence-electron chi connectivity index (χ3n) is 3.62. The van der Waals surface area contributed by atoms with E-state index in [2.05, 4.69) is 10.6 Å². The van der Waals surface area contributed by atoms with Gasteiger partial charge in [-0.2, -0.15) is 0 Å². The standard InChI is InChI=1S/C18H23N3O/c1-13-4-3-5-14(2)18(13)21-12-17(22)20-11-10-15-6-8-16(19)9-7-15/h3-9,21H,10-12,19H2,1-2H3,(H,20,22). The first kappa shape index (κ1) is 15.9. The number of amides is 1. The largest absolute Gasteiger partial charge is 0.399 e. The molecular formula is C18H23N3O. The summed E-state index contributed by atoms with van der Waals surface area (Å²) >= 11 is 0. The molecule has 0 aromatic heterocycles. The SMILES string of the molecule is Cc1cccc(C)c1NCC(=O)NCCc1ccc(N)cc1. The Kier molecular flexibility index (Phi) is 5.42. The number of benzene rings is 2. The fraction of sp³-hybridized carbons (Fsp3) is 0.278. The first-order valence-electron chi connectivity index (χ1n) is 7.47. The van der Waals surface area contributed by atoms with Gasteiger partial charge in [0.15, 0.2) is 0 Å². The summed E-state index contributed by atoms with van der Waals surface area (Å²) in [4.78, 5) is 11.9. The summed E-state index contributed by atoms with van der Waals surface area (Å²) in [5, 5.41) is 6.13. The summed E-state index contributed by atoms with van der Waals surface area (Å²) in [6.45, 7) is 4.98. The minimum atomic E-state index is -0.00176. The van der Waals surface area contributed by atoms with E-state index in [4.69, 9.17) is 5.73 Å². The predicted octanol–water partition coefficient (Wildman–Crippen LogP) is 2.66. The number of anilines is 2. The van der Waals surface area contributed by atoms with Crippen LogP contribution in [0.4, 0.5) is 11.4 Å². The summed E-state index contributed by atoms with van der Waals surface area (Å²) < 4.78 is 0. The van der Waals surface area contributed by atoms with Gasteiger partial charge in [0.25, 0.3) is 0 Å². The Labute approximate surface area is 131 Å². The zero-order valence-electron chi connectivity index (χ0n) is 13.1. The molecule has 0 bridgehead atoms. The predicted molar refractivity (Wildman–Crippen MR) is 92.0 cm³/mol. The van der Waals surface area contributed by atoms with E-state index in [1.54, 1.807) is 0 Å². The van der Waals surface area contributed by atoms with Crippen LogP contribution in [0.5, 0.6) is 0 Å². The molecule has 0 aliphatic carbocycles. The summed E-state index contributed by atoms with van der Waals surface area (Å²) in [7, 11) is 0. The molecule has 2 aromatic rings. The number of carbonyl (C=O) groups excluding carboxylic acids is 1.